The van der Waals surface area contributed by atoms with Crippen LogP contribution < -0.4 is 14.8 Å². The maximum Gasteiger partial charge on any atom is 0.255 e. The van der Waals surface area contributed by atoms with Gasteiger partial charge in [-0.2, -0.15) is 0 Å². The minimum atomic E-state index is -0.298. The lowest BCUT2D eigenvalue weighted by atomic mass is 10.1. The molecule has 1 amide bonds. The summed E-state index contributed by atoms with van der Waals surface area (Å²) in [5, 5.41) is 12.5. The van der Waals surface area contributed by atoms with Crippen molar-refractivity contribution >= 4 is 23.4 Å². The van der Waals surface area contributed by atoms with Crippen LogP contribution in [-0.4, -0.2) is 27.5 Å². The van der Waals surface area contributed by atoms with Gasteiger partial charge in [-0.05, 0) is 59.7 Å². The zero-order valence-corrected chi connectivity index (χ0v) is 21.5. The van der Waals surface area contributed by atoms with Crippen molar-refractivity contribution in [1.29, 1.82) is 0 Å². The second-order valence-corrected chi connectivity index (χ2v) is 9.82. The third-order valence-corrected chi connectivity index (χ3v) is 7.20. The molecule has 0 bridgehead atoms. The minimum absolute atomic E-state index is 0.181. The summed E-state index contributed by atoms with van der Waals surface area (Å²) in [6.45, 7) is 0.181. The van der Waals surface area contributed by atoms with Crippen LogP contribution in [0.4, 0.5) is 10.1 Å². The van der Waals surface area contributed by atoms with E-state index in [2.05, 4.69) is 15.5 Å². The highest BCUT2D eigenvalue weighted by molar-refractivity contribution is 7.98. The van der Waals surface area contributed by atoms with Crippen molar-refractivity contribution in [2.45, 2.75) is 17.3 Å². The van der Waals surface area contributed by atoms with Crippen molar-refractivity contribution < 1.29 is 18.7 Å². The smallest absolute Gasteiger partial charge is 0.255 e. The fourth-order valence-electron chi connectivity index (χ4n) is 4.21. The number of nitrogens with zero attached hydrogens (tertiary/aromatic N) is 3. The number of fused-ring (bicyclic) bond motifs is 1. The highest BCUT2D eigenvalue weighted by atomic mass is 32.2. The number of anilines is 1. The third-order valence-electron chi connectivity index (χ3n) is 6.20. The van der Waals surface area contributed by atoms with Gasteiger partial charge < -0.3 is 14.8 Å². The highest BCUT2D eigenvalue weighted by Crippen LogP contribution is 2.34. The number of amides is 1. The van der Waals surface area contributed by atoms with Gasteiger partial charge in [-0.3, -0.25) is 9.36 Å². The van der Waals surface area contributed by atoms with E-state index in [4.69, 9.17) is 9.47 Å². The number of carbonyl (C=O) groups is 1. The zero-order valence-electron chi connectivity index (χ0n) is 20.7. The molecule has 194 valence electrons. The van der Waals surface area contributed by atoms with Crippen molar-refractivity contribution in [3.05, 3.63) is 125 Å². The lowest BCUT2D eigenvalue weighted by Crippen LogP contribution is -2.11. The van der Waals surface area contributed by atoms with Crippen molar-refractivity contribution in [1.82, 2.24) is 14.8 Å². The molecule has 1 aliphatic rings. The van der Waals surface area contributed by atoms with Crippen molar-refractivity contribution in [2.75, 3.05) is 12.1 Å². The monoisotopic (exact) mass is 538 g/mol. The molecule has 0 atom stereocenters. The molecule has 6 rings (SSSR count). The molecule has 0 fully saturated rings. The Bertz CT molecular complexity index is 1610. The molecule has 1 aromatic heterocycles. The van der Waals surface area contributed by atoms with Crippen LogP contribution >= 0.6 is 11.8 Å². The van der Waals surface area contributed by atoms with E-state index in [1.165, 1.54) is 23.9 Å². The second kappa shape index (κ2) is 11.0. The van der Waals surface area contributed by atoms with Crippen molar-refractivity contribution in [3.8, 4) is 17.2 Å². The molecular weight excluding hydrogens is 515 g/mol. The Kier molecular flexibility index (Phi) is 6.97. The van der Waals surface area contributed by atoms with Crippen LogP contribution in [-0.2, 0) is 12.2 Å². The van der Waals surface area contributed by atoms with Crippen molar-refractivity contribution in [3.63, 3.8) is 0 Å². The van der Waals surface area contributed by atoms with Gasteiger partial charge in [0.1, 0.15) is 11.6 Å². The summed E-state index contributed by atoms with van der Waals surface area (Å²) in [6.07, 6.45) is 0.596. The molecular formula is C30H23FN4O3S. The van der Waals surface area contributed by atoms with Crippen LogP contribution in [0, 0.1) is 5.82 Å². The summed E-state index contributed by atoms with van der Waals surface area (Å²) in [6, 6.07) is 29.1. The van der Waals surface area contributed by atoms with Crippen LogP contribution in [0.1, 0.15) is 27.3 Å². The molecule has 1 aliphatic heterocycles. The van der Waals surface area contributed by atoms with E-state index in [1.54, 1.807) is 42.5 Å². The summed E-state index contributed by atoms with van der Waals surface area (Å²) in [4.78, 5) is 12.7. The molecule has 0 spiro atoms. The standard InChI is InChI=1S/C30H23FN4O3S/c31-23-10-13-25(14-11-23)35-28(16-20-4-2-1-3-5-20)33-34-30(35)39-18-21-6-8-22(9-7-21)29(36)32-24-12-15-26-27(17-24)38-19-37-26/h1-15,17H,16,18-19H2,(H,32,36). The van der Waals surface area contributed by atoms with E-state index >= 15 is 0 Å². The number of aromatic nitrogens is 3. The lowest BCUT2D eigenvalue weighted by molar-refractivity contribution is 0.102. The van der Waals surface area contributed by atoms with Crippen LogP contribution in [0.15, 0.2) is 102 Å². The molecule has 39 heavy (non-hydrogen) atoms. The first kappa shape index (κ1) is 24.7. The number of hydrogen-bond donors (Lipinski definition) is 1. The first-order chi connectivity index (χ1) is 19.1. The molecule has 7 nitrogen and oxygen atoms in total. The Hall–Kier alpha value is -4.63. The number of nitrogens with one attached hydrogen (secondary N) is 1. The van der Waals surface area contributed by atoms with E-state index in [9.17, 15) is 9.18 Å². The van der Waals surface area contributed by atoms with Gasteiger partial charge in [0.05, 0.1) is 0 Å². The van der Waals surface area contributed by atoms with E-state index in [1.807, 2.05) is 47.0 Å². The average molecular weight is 539 g/mol. The fraction of sp³-hybridized carbons (Fsp3) is 0.100. The van der Waals surface area contributed by atoms with E-state index in [0.717, 1.165) is 22.6 Å². The lowest BCUT2D eigenvalue weighted by Gasteiger charge is -2.11. The summed E-state index contributed by atoms with van der Waals surface area (Å²) in [5.74, 6) is 2.15. The van der Waals surface area contributed by atoms with E-state index in [-0.39, 0.29) is 18.5 Å². The summed E-state index contributed by atoms with van der Waals surface area (Å²) >= 11 is 1.53. The Balaban J connectivity index is 1.16. The molecule has 0 aliphatic carbocycles. The summed E-state index contributed by atoms with van der Waals surface area (Å²) in [5.41, 5.74) is 4.11. The normalized spacial score (nSPS) is 11.9. The number of thioether (sulfide) groups is 1. The van der Waals surface area contributed by atoms with Gasteiger partial charge in [-0.15, -0.1) is 10.2 Å². The second-order valence-electron chi connectivity index (χ2n) is 8.88. The Morgan fingerprint density at radius 3 is 2.44 bits per heavy atom. The Labute approximate surface area is 228 Å². The van der Waals surface area contributed by atoms with Gasteiger partial charge in [0.2, 0.25) is 6.79 Å². The van der Waals surface area contributed by atoms with Gasteiger partial charge >= 0.3 is 0 Å². The molecule has 0 radical (unpaired) electrons. The van der Waals surface area contributed by atoms with Crippen LogP contribution in [0.5, 0.6) is 11.5 Å². The van der Waals surface area contributed by atoms with Crippen LogP contribution in [0.2, 0.25) is 0 Å². The molecule has 0 saturated carbocycles. The quantitative estimate of drug-likeness (QED) is 0.235. The molecule has 9 heteroatoms. The predicted octanol–water partition coefficient (Wildman–Crippen LogP) is 6.27. The fourth-order valence-corrected chi connectivity index (χ4v) is 5.14. The number of halogens is 1. The van der Waals surface area contributed by atoms with Gasteiger partial charge in [0.25, 0.3) is 5.91 Å². The third kappa shape index (κ3) is 5.63. The molecule has 4 aromatic carbocycles. The average Bonchev–Trinajstić information content (AvgIpc) is 3.60. The van der Waals surface area contributed by atoms with E-state index < -0.39 is 0 Å². The number of benzene rings is 4. The predicted molar refractivity (Wildman–Crippen MR) is 147 cm³/mol. The van der Waals surface area contributed by atoms with Gasteiger partial charge in [-0.25, -0.2) is 4.39 Å². The Morgan fingerprint density at radius 2 is 1.64 bits per heavy atom. The number of hydrogen-bond acceptors (Lipinski definition) is 6. The van der Waals surface area contributed by atoms with Gasteiger partial charge in [0, 0.05) is 35.2 Å². The maximum atomic E-state index is 13.6. The van der Waals surface area contributed by atoms with E-state index in [0.29, 0.717) is 40.1 Å². The molecule has 0 unspecified atom stereocenters. The number of rotatable bonds is 8. The molecule has 2 heterocycles. The molecule has 5 aromatic rings. The summed E-state index contributed by atoms with van der Waals surface area (Å²) < 4.78 is 26.3. The first-order valence-electron chi connectivity index (χ1n) is 12.3. The SMILES string of the molecule is O=C(Nc1ccc2c(c1)OCO2)c1ccc(CSc2nnc(Cc3ccccc3)n2-c2ccc(F)cc2)cc1. The van der Waals surface area contributed by atoms with Crippen LogP contribution in [0.3, 0.4) is 0 Å². The topological polar surface area (TPSA) is 78.3 Å². The summed E-state index contributed by atoms with van der Waals surface area (Å²) in [7, 11) is 0. The maximum absolute atomic E-state index is 13.6. The Morgan fingerprint density at radius 1 is 0.872 bits per heavy atom. The zero-order chi connectivity index (χ0) is 26.6. The number of carbonyl (C=O) groups excluding carboxylic acids is 1. The van der Waals surface area contributed by atoms with Gasteiger partial charge in [-0.1, -0.05) is 54.2 Å². The van der Waals surface area contributed by atoms with Crippen LogP contribution in [0.25, 0.3) is 5.69 Å². The van der Waals surface area contributed by atoms with Gasteiger partial charge in [0.15, 0.2) is 16.7 Å². The largest absolute Gasteiger partial charge is 0.454 e. The van der Waals surface area contributed by atoms with Crippen molar-refractivity contribution in [2.24, 2.45) is 0 Å². The number of ether oxygens (including phenoxy) is 2. The highest BCUT2D eigenvalue weighted by Gasteiger charge is 2.17. The molecule has 0 saturated heterocycles. The minimum Gasteiger partial charge on any atom is -0.454 e. The first-order valence-corrected chi connectivity index (χ1v) is 13.3. The molecule has 1 N–H and O–H groups in total.